The van der Waals surface area contributed by atoms with Crippen molar-refractivity contribution < 1.29 is 4.79 Å². The molecule has 1 aromatic rings. The molecule has 0 aromatic heterocycles. The number of nitrogens with zero attached hydrogens (tertiary/aromatic N) is 1. The zero-order valence-corrected chi connectivity index (χ0v) is 12.7. The van der Waals surface area contributed by atoms with Crippen molar-refractivity contribution in [2.24, 2.45) is 5.84 Å². The molecule has 0 bridgehead atoms. The highest BCUT2D eigenvalue weighted by atomic mass is 35.5. The van der Waals surface area contributed by atoms with Crippen LogP contribution >= 0.6 is 11.6 Å². The van der Waals surface area contributed by atoms with Gasteiger partial charge in [-0.15, -0.1) is 0 Å². The molecule has 2 aliphatic rings. The van der Waals surface area contributed by atoms with Crippen molar-refractivity contribution in [1.29, 1.82) is 0 Å². The number of halogens is 1. The highest BCUT2D eigenvalue weighted by molar-refractivity contribution is 6.31. The largest absolute Gasteiger partial charge is 0.348 e. The molecule has 2 aliphatic heterocycles. The Kier molecular flexibility index (Phi) is 4.33. The Morgan fingerprint density at radius 3 is 2.95 bits per heavy atom. The van der Waals surface area contributed by atoms with Gasteiger partial charge in [-0.25, -0.2) is 0 Å². The van der Waals surface area contributed by atoms with Crippen LogP contribution in [-0.4, -0.2) is 36.0 Å². The molecule has 5 nitrogen and oxygen atoms in total. The number of fused-ring (bicyclic) bond motifs is 1. The summed E-state index contributed by atoms with van der Waals surface area (Å²) in [6.07, 6.45) is 4.71. The highest BCUT2D eigenvalue weighted by Crippen LogP contribution is 2.28. The first-order valence-electron chi connectivity index (χ1n) is 7.50. The first-order valence-corrected chi connectivity index (χ1v) is 7.88. The van der Waals surface area contributed by atoms with Crippen molar-refractivity contribution >= 4 is 23.2 Å². The molecular formula is C15H21ClN4O. The molecule has 0 saturated carbocycles. The molecule has 0 radical (unpaired) electrons. The fourth-order valence-electron chi connectivity index (χ4n) is 3.49. The van der Waals surface area contributed by atoms with Crippen molar-refractivity contribution in [2.45, 2.75) is 37.8 Å². The monoisotopic (exact) mass is 308 g/mol. The number of carbonyl (C=O) groups excluding carboxylic acids is 1. The van der Waals surface area contributed by atoms with E-state index in [0.29, 0.717) is 22.3 Å². The summed E-state index contributed by atoms with van der Waals surface area (Å²) in [7, 11) is 0. The third-order valence-electron chi connectivity index (χ3n) is 4.55. The smallest absolute Gasteiger partial charge is 0.253 e. The minimum absolute atomic E-state index is 0.108. The number of nitrogens with two attached hydrogens (primary N) is 1. The van der Waals surface area contributed by atoms with Crippen molar-refractivity contribution in [2.75, 3.05) is 18.5 Å². The molecule has 6 heteroatoms. The number of hydrogen-bond acceptors (Lipinski definition) is 4. The van der Waals surface area contributed by atoms with Crippen LogP contribution in [-0.2, 0) is 0 Å². The van der Waals surface area contributed by atoms with E-state index in [2.05, 4.69) is 15.6 Å². The SMILES string of the molecule is NNc1ccc(Cl)cc1C(=O)NC1CCN2CCCCC12. The number of benzene rings is 1. The Labute approximate surface area is 129 Å². The Bertz CT molecular complexity index is 536. The Morgan fingerprint density at radius 1 is 1.29 bits per heavy atom. The van der Waals surface area contributed by atoms with E-state index in [0.717, 1.165) is 19.5 Å². The van der Waals surface area contributed by atoms with Crippen LogP contribution in [0.1, 0.15) is 36.0 Å². The number of anilines is 1. The van der Waals surface area contributed by atoms with Gasteiger partial charge < -0.3 is 10.7 Å². The Hall–Kier alpha value is -1.30. The summed E-state index contributed by atoms with van der Waals surface area (Å²) in [5, 5.41) is 3.69. The molecule has 4 N–H and O–H groups in total. The van der Waals surface area contributed by atoms with Gasteiger partial charge in [0.25, 0.3) is 5.91 Å². The molecule has 0 spiro atoms. The average Bonchev–Trinajstić information content (AvgIpc) is 2.90. The number of hydrogen-bond donors (Lipinski definition) is 3. The quantitative estimate of drug-likeness (QED) is 0.590. The molecular weight excluding hydrogens is 288 g/mol. The standard InChI is InChI=1S/C15H21ClN4O/c16-10-4-5-12(19-17)11(9-10)15(21)18-13-6-8-20-7-2-1-3-14(13)20/h4-5,9,13-14,19H,1-3,6-8,17H2,(H,18,21). The van der Waals surface area contributed by atoms with E-state index in [4.69, 9.17) is 17.4 Å². The minimum Gasteiger partial charge on any atom is -0.348 e. The van der Waals surface area contributed by atoms with Gasteiger partial charge in [0.05, 0.1) is 11.3 Å². The highest BCUT2D eigenvalue weighted by Gasteiger charge is 2.36. The van der Waals surface area contributed by atoms with Crippen molar-refractivity contribution in [3.8, 4) is 0 Å². The molecule has 0 aliphatic carbocycles. The summed E-state index contributed by atoms with van der Waals surface area (Å²) in [5.74, 6) is 5.36. The number of nitrogens with one attached hydrogen (secondary N) is 2. The summed E-state index contributed by atoms with van der Waals surface area (Å²) in [5.41, 5.74) is 3.65. The number of nitrogen functional groups attached to an aromatic ring is 1. The third-order valence-corrected chi connectivity index (χ3v) is 4.79. The zero-order chi connectivity index (χ0) is 14.8. The lowest BCUT2D eigenvalue weighted by Crippen LogP contribution is -2.46. The van der Waals surface area contributed by atoms with E-state index >= 15 is 0 Å². The van der Waals surface area contributed by atoms with Gasteiger partial charge in [0.1, 0.15) is 0 Å². The van der Waals surface area contributed by atoms with E-state index in [1.165, 1.54) is 19.3 Å². The number of carbonyl (C=O) groups is 1. The van der Waals surface area contributed by atoms with Crippen LogP contribution in [0, 0.1) is 0 Å². The van der Waals surface area contributed by atoms with Crippen LogP contribution in [0.15, 0.2) is 18.2 Å². The van der Waals surface area contributed by atoms with Gasteiger partial charge in [0, 0.05) is 23.7 Å². The fraction of sp³-hybridized carbons (Fsp3) is 0.533. The van der Waals surface area contributed by atoms with Gasteiger partial charge in [-0.05, 0) is 44.0 Å². The van der Waals surface area contributed by atoms with Crippen molar-refractivity contribution in [3.05, 3.63) is 28.8 Å². The lowest BCUT2D eigenvalue weighted by Gasteiger charge is -2.32. The molecule has 21 heavy (non-hydrogen) atoms. The summed E-state index contributed by atoms with van der Waals surface area (Å²) >= 11 is 5.99. The van der Waals surface area contributed by atoms with Crippen LogP contribution < -0.4 is 16.6 Å². The Morgan fingerprint density at radius 2 is 2.14 bits per heavy atom. The van der Waals surface area contributed by atoms with Gasteiger partial charge in [0.2, 0.25) is 0 Å². The van der Waals surface area contributed by atoms with Gasteiger partial charge in [-0.1, -0.05) is 18.0 Å². The van der Waals surface area contributed by atoms with Crippen LogP contribution in [0.5, 0.6) is 0 Å². The van der Waals surface area contributed by atoms with Crippen LogP contribution in [0.3, 0.4) is 0 Å². The number of amides is 1. The number of rotatable bonds is 3. The van der Waals surface area contributed by atoms with Crippen LogP contribution in [0.2, 0.25) is 5.02 Å². The lowest BCUT2D eigenvalue weighted by atomic mass is 9.98. The van der Waals surface area contributed by atoms with Gasteiger partial charge >= 0.3 is 0 Å². The zero-order valence-electron chi connectivity index (χ0n) is 11.9. The van der Waals surface area contributed by atoms with E-state index in [-0.39, 0.29) is 11.9 Å². The maximum Gasteiger partial charge on any atom is 0.253 e. The predicted octanol–water partition coefficient (Wildman–Crippen LogP) is 1.98. The molecule has 2 fully saturated rings. The van der Waals surface area contributed by atoms with Gasteiger partial charge in [-0.2, -0.15) is 0 Å². The van der Waals surface area contributed by atoms with Gasteiger partial charge in [0.15, 0.2) is 0 Å². The summed E-state index contributed by atoms with van der Waals surface area (Å²) in [6.45, 7) is 2.23. The lowest BCUT2D eigenvalue weighted by molar-refractivity contribution is 0.0916. The molecule has 1 amide bonds. The van der Waals surface area contributed by atoms with Crippen molar-refractivity contribution in [1.82, 2.24) is 10.2 Å². The van der Waals surface area contributed by atoms with Crippen LogP contribution in [0.25, 0.3) is 0 Å². The van der Waals surface area contributed by atoms with E-state index < -0.39 is 0 Å². The first-order chi connectivity index (χ1) is 10.2. The normalized spacial score (nSPS) is 25.4. The maximum atomic E-state index is 12.5. The summed E-state index contributed by atoms with van der Waals surface area (Å²) in [4.78, 5) is 15.0. The van der Waals surface area contributed by atoms with E-state index in [9.17, 15) is 4.79 Å². The second kappa shape index (κ2) is 6.22. The molecule has 2 unspecified atom stereocenters. The minimum atomic E-state index is -0.108. The Balaban J connectivity index is 1.73. The first kappa shape index (κ1) is 14.6. The molecule has 2 atom stereocenters. The molecule has 3 rings (SSSR count). The number of hydrazine groups is 1. The summed E-state index contributed by atoms with van der Waals surface area (Å²) < 4.78 is 0. The number of piperidine rings is 1. The fourth-order valence-corrected chi connectivity index (χ4v) is 3.66. The third kappa shape index (κ3) is 3.00. The molecule has 1 aromatic carbocycles. The molecule has 114 valence electrons. The average molecular weight is 309 g/mol. The second-order valence-electron chi connectivity index (χ2n) is 5.80. The maximum absolute atomic E-state index is 12.5. The van der Waals surface area contributed by atoms with E-state index in [1.807, 2.05) is 0 Å². The topological polar surface area (TPSA) is 70.4 Å². The van der Waals surface area contributed by atoms with E-state index in [1.54, 1.807) is 18.2 Å². The molecule has 2 saturated heterocycles. The second-order valence-corrected chi connectivity index (χ2v) is 6.24. The van der Waals surface area contributed by atoms with Crippen LogP contribution in [0.4, 0.5) is 5.69 Å². The molecule has 2 heterocycles. The van der Waals surface area contributed by atoms with Crippen molar-refractivity contribution in [3.63, 3.8) is 0 Å². The van der Waals surface area contributed by atoms with Gasteiger partial charge in [-0.3, -0.25) is 15.5 Å². The predicted molar refractivity (Wildman–Crippen MR) is 84.3 cm³/mol. The summed E-state index contributed by atoms with van der Waals surface area (Å²) in [6, 6.07) is 5.79.